The minimum Gasteiger partial charge on any atom is -0.444 e. The number of amides is 1. The van der Waals surface area contributed by atoms with E-state index in [0.717, 1.165) is 22.0 Å². The summed E-state index contributed by atoms with van der Waals surface area (Å²) in [6, 6.07) is 1.30. The molecular formula is C24H21F5N4O4S2. The summed E-state index contributed by atoms with van der Waals surface area (Å²) in [5.41, 5.74) is -2.75. The number of rotatable bonds is 6. The minimum atomic E-state index is -5.31. The Morgan fingerprint density at radius 1 is 1.08 bits per heavy atom. The number of carbonyl (C=O) groups is 2. The van der Waals surface area contributed by atoms with Crippen molar-refractivity contribution in [3.05, 3.63) is 60.8 Å². The Labute approximate surface area is 225 Å². The number of carbonyl (C=O) groups excluding carboxylic acids is 2. The second-order valence-corrected chi connectivity index (χ2v) is 10.5. The highest BCUT2D eigenvalue weighted by Crippen LogP contribution is 2.37. The van der Waals surface area contributed by atoms with Crippen LogP contribution in [-0.4, -0.2) is 25.8 Å². The van der Waals surface area contributed by atoms with Gasteiger partial charge in [-0.1, -0.05) is 13.8 Å². The van der Waals surface area contributed by atoms with Gasteiger partial charge in [-0.05, 0) is 23.1 Å². The van der Waals surface area contributed by atoms with Gasteiger partial charge in [0.2, 0.25) is 0 Å². The number of halogens is 5. The summed E-state index contributed by atoms with van der Waals surface area (Å²) < 4.78 is 78.1. The number of alkyl halides is 3. The summed E-state index contributed by atoms with van der Waals surface area (Å²) in [7, 11) is 3.28. The number of esters is 1. The summed E-state index contributed by atoms with van der Waals surface area (Å²) in [4.78, 5) is 42.1. The molecule has 0 saturated carbocycles. The van der Waals surface area contributed by atoms with Gasteiger partial charge in [0, 0.05) is 25.0 Å². The normalized spacial score (nSPS) is 12.6. The second-order valence-electron chi connectivity index (χ2n) is 8.84. The van der Waals surface area contributed by atoms with E-state index in [4.69, 9.17) is 4.74 Å². The molecule has 1 aromatic carbocycles. The molecule has 0 fully saturated rings. The summed E-state index contributed by atoms with van der Waals surface area (Å²) in [5, 5.41) is 3.25. The van der Waals surface area contributed by atoms with E-state index in [0.29, 0.717) is 21.8 Å². The topological polar surface area (TPSA) is 87.6 Å². The van der Waals surface area contributed by atoms with E-state index < -0.39 is 53.5 Å². The Morgan fingerprint density at radius 2 is 1.77 bits per heavy atom. The largest absolute Gasteiger partial charge is 0.444 e. The maximum atomic E-state index is 15.0. The van der Waals surface area contributed by atoms with Crippen molar-refractivity contribution in [3.63, 3.8) is 0 Å². The van der Waals surface area contributed by atoms with Gasteiger partial charge in [0.25, 0.3) is 11.5 Å². The lowest BCUT2D eigenvalue weighted by molar-refractivity contribution is -0.151. The molecule has 0 bridgehead atoms. The lowest BCUT2D eigenvalue weighted by Gasteiger charge is -2.15. The molecule has 0 atom stereocenters. The number of hydrogen-bond donors (Lipinski definition) is 0. The van der Waals surface area contributed by atoms with Crippen molar-refractivity contribution < 1.29 is 36.3 Å². The fraction of sp³-hybridized carbons (Fsp3) is 0.333. The fourth-order valence-electron chi connectivity index (χ4n) is 3.79. The smallest absolute Gasteiger partial charge is 0.422 e. The highest BCUT2D eigenvalue weighted by atomic mass is 32.1. The Balaban J connectivity index is 1.79. The maximum absolute atomic E-state index is 15.0. The molecule has 3 heterocycles. The summed E-state index contributed by atoms with van der Waals surface area (Å²) in [6.45, 7) is 2.52. The monoisotopic (exact) mass is 588 g/mol. The van der Waals surface area contributed by atoms with Crippen LogP contribution in [0.25, 0.3) is 21.5 Å². The summed E-state index contributed by atoms with van der Waals surface area (Å²) in [5.74, 6) is -5.56. The first-order valence-electron chi connectivity index (χ1n) is 11.3. The van der Waals surface area contributed by atoms with Gasteiger partial charge in [-0.3, -0.25) is 28.3 Å². The van der Waals surface area contributed by atoms with E-state index >= 15 is 0 Å². The van der Waals surface area contributed by atoms with Crippen LogP contribution in [0.4, 0.5) is 22.0 Å². The summed E-state index contributed by atoms with van der Waals surface area (Å²) in [6.07, 6.45) is -5.57. The van der Waals surface area contributed by atoms with Gasteiger partial charge in [-0.2, -0.15) is 18.2 Å². The molecule has 8 nitrogen and oxygen atoms in total. The van der Waals surface area contributed by atoms with E-state index in [1.807, 2.05) is 0 Å². The molecule has 4 aromatic rings. The molecule has 0 aliphatic carbocycles. The number of thiazole rings is 1. The van der Waals surface area contributed by atoms with Crippen LogP contribution in [0.15, 0.2) is 32.7 Å². The first kappa shape index (κ1) is 28.4. The molecule has 208 valence electrons. The number of fused-ring (bicyclic) bond motifs is 1. The number of aromatic nitrogens is 3. The Hall–Kier alpha value is -3.59. The number of thiophene rings is 1. The number of ether oxygens (including phenoxy) is 1. The van der Waals surface area contributed by atoms with Gasteiger partial charge >= 0.3 is 12.1 Å². The average Bonchev–Trinajstić information content (AvgIpc) is 3.49. The molecular weight excluding hydrogens is 567 g/mol. The van der Waals surface area contributed by atoms with E-state index in [-0.39, 0.29) is 22.5 Å². The molecule has 4 rings (SSSR count). The van der Waals surface area contributed by atoms with Crippen LogP contribution in [0.5, 0.6) is 0 Å². The molecule has 3 aromatic heterocycles. The molecule has 15 heteroatoms. The van der Waals surface area contributed by atoms with E-state index in [9.17, 15) is 36.3 Å². The molecule has 0 N–H and O–H groups in total. The molecule has 0 unspecified atom stereocenters. The number of benzene rings is 1. The van der Waals surface area contributed by atoms with E-state index in [1.165, 1.54) is 21.4 Å². The molecule has 1 amide bonds. The number of hydrogen-bond acceptors (Lipinski definition) is 6. The van der Waals surface area contributed by atoms with Crippen molar-refractivity contribution in [1.82, 2.24) is 13.9 Å². The fourth-order valence-corrected chi connectivity index (χ4v) is 5.76. The van der Waals surface area contributed by atoms with E-state index in [1.54, 1.807) is 38.0 Å². The van der Waals surface area contributed by atoms with Crippen molar-refractivity contribution in [2.45, 2.75) is 33.2 Å². The van der Waals surface area contributed by atoms with Crippen LogP contribution < -0.4 is 10.4 Å². The van der Waals surface area contributed by atoms with Crippen LogP contribution in [0.1, 0.15) is 25.0 Å². The van der Waals surface area contributed by atoms with Gasteiger partial charge in [0.15, 0.2) is 11.5 Å². The predicted octanol–water partition coefficient (Wildman–Crippen LogP) is 4.59. The van der Waals surface area contributed by atoms with E-state index in [2.05, 4.69) is 4.99 Å². The molecule has 0 saturated heterocycles. The average molecular weight is 589 g/mol. The maximum Gasteiger partial charge on any atom is 0.422 e. The van der Waals surface area contributed by atoms with Gasteiger partial charge in [-0.15, -0.1) is 22.7 Å². The second kappa shape index (κ2) is 10.5. The molecule has 0 spiro atoms. The highest BCUT2D eigenvalue weighted by Gasteiger charge is 2.39. The van der Waals surface area contributed by atoms with Crippen molar-refractivity contribution >= 4 is 44.8 Å². The first-order chi connectivity index (χ1) is 18.2. The van der Waals surface area contributed by atoms with Crippen molar-refractivity contribution in [3.8, 4) is 11.3 Å². The first-order valence-corrected chi connectivity index (χ1v) is 13.1. The lowest BCUT2D eigenvalue weighted by atomic mass is 10.1. The van der Waals surface area contributed by atoms with Gasteiger partial charge in [0.05, 0.1) is 23.4 Å². The van der Waals surface area contributed by atoms with Crippen molar-refractivity contribution in [1.29, 1.82) is 0 Å². The third-order valence-electron chi connectivity index (χ3n) is 5.92. The van der Waals surface area contributed by atoms with Crippen molar-refractivity contribution in [2.24, 2.45) is 25.0 Å². The van der Waals surface area contributed by atoms with Crippen LogP contribution in [0.3, 0.4) is 0 Å². The minimum absolute atomic E-state index is 0.101. The quantitative estimate of drug-likeness (QED) is 0.244. The van der Waals surface area contributed by atoms with Gasteiger partial charge in [-0.25, -0.2) is 8.78 Å². The zero-order valence-electron chi connectivity index (χ0n) is 20.9. The molecule has 0 aliphatic heterocycles. The summed E-state index contributed by atoms with van der Waals surface area (Å²) >= 11 is 2.06. The number of nitrogens with zero attached hydrogens (tertiary/aromatic N) is 4. The van der Waals surface area contributed by atoms with Gasteiger partial charge < -0.3 is 4.74 Å². The standard InChI is InChI=1S/C24H21F5N4O4S2/c1-11(2)22(36)37-10-33-15(13-5-6-14(25)18(19(13)26)24(27,28)29)9-39-23(33)30-16(34)7-12-8-38-21-17(12)20(35)31(3)32(21)4/h5-6,8-9,11H,7,10H2,1-4H3. The van der Waals surface area contributed by atoms with Gasteiger partial charge in [0.1, 0.15) is 22.0 Å². The zero-order chi connectivity index (χ0) is 28.8. The number of aryl methyl sites for hydroxylation is 1. The Kier molecular flexibility index (Phi) is 7.67. The predicted molar refractivity (Wildman–Crippen MR) is 134 cm³/mol. The molecule has 0 radical (unpaired) electrons. The zero-order valence-corrected chi connectivity index (χ0v) is 22.6. The Morgan fingerprint density at radius 3 is 2.41 bits per heavy atom. The van der Waals surface area contributed by atoms with Crippen LogP contribution in [-0.2, 0) is 47.7 Å². The van der Waals surface area contributed by atoms with Crippen LogP contribution in [0, 0.1) is 17.6 Å². The third-order valence-corrected chi connectivity index (χ3v) is 7.87. The molecule has 39 heavy (non-hydrogen) atoms. The Bertz CT molecular complexity index is 1720. The third kappa shape index (κ3) is 5.32. The highest BCUT2D eigenvalue weighted by molar-refractivity contribution is 7.17. The van der Waals surface area contributed by atoms with Crippen LogP contribution >= 0.6 is 22.7 Å². The SMILES string of the molecule is CC(C)C(=O)OCn1c(-c2ccc(F)c(C(F)(F)F)c2F)csc1=NC(=O)Cc1csc2c1c(=O)n(C)n2C. The van der Waals surface area contributed by atoms with Crippen LogP contribution in [0.2, 0.25) is 0 Å². The van der Waals surface area contributed by atoms with Crippen molar-refractivity contribution in [2.75, 3.05) is 0 Å². The lowest BCUT2D eigenvalue weighted by Crippen LogP contribution is -2.23. The molecule has 0 aliphatic rings.